The monoisotopic (exact) mass is 1040 g/mol. The number of rotatable bonds is 35. The van der Waals surface area contributed by atoms with Crippen molar-refractivity contribution in [2.45, 2.75) is 155 Å². The van der Waals surface area contributed by atoms with Gasteiger partial charge in [-0.25, -0.2) is 4.79 Å². The largest absolute Gasteiger partial charge is 0.480 e. The predicted octanol–water partition coefficient (Wildman–Crippen LogP) is -4.53. The number of nitrogens with one attached hydrogen (secondary N) is 15. The van der Waals surface area contributed by atoms with Gasteiger partial charge in [0.1, 0.15) is 42.3 Å². The second-order valence-corrected chi connectivity index (χ2v) is 19.0. The van der Waals surface area contributed by atoms with Crippen molar-refractivity contribution in [3.63, 3.8) is 0 Å². The van der Waals surface area contributed by atoms with Gasteiger partial charge >= 0.3 is 5.97 Å². The van der Waals surface area contributed by atoms with Crippen LogP contribution in [0, 0.1) is 45.3 Å². The molecule has 29 heteroatoms. The fourth-order valence-electron chi connectivity index (χ4n) is 6.90. The van der Waals surface area contributed by atoms with E-state index in [0.29, 0.717) is 0 Å². The molecule has 0 aromatic carbocycles. The maximum Gasteiger partial charge on any atom is 0.326 e. The van der Waals surface area contributed by atoms with Gasteiger partial charge in [0.05, 0.1) is 6.04 Å². The summed E-state index contributed by atoms with van der Waals surface area (Å²) >= 11 is 0. The van der Waals surface area contributed by atoms with Crippen molar-refractivity contribution in [2.75, 3.05) is 26.2 Å². The molecule has 0 rings (SSSR count). The second kappa shape index (κ2) is 34.2. The zero-order chi connectivity index (χ0) is 56.1. The summed E-state index contributed by atoms with van der Waals surface area (Å²) in [6.45, 7) is 13.9. The molecular weight excluding hydrogens is 953 g/mol. The summed E-state index contributed by atoms with van der Waals surface area (Å²) in [5.74, 6) is -9.95. The molecule has 0 aliphatic heterocycles. The van der Waals surface area contributed by atoms with Crippen LogP contribution in [0.15, 0.2) is 0 Å². The highest BCUT2D eigenvalue weighted by Gasteiger charge is 2.36. The molecule has 8 atom stereocenters. The molecule has 0 saturated heterocycles. The lowest BCUT2D eigenvalue weighted by molar-refractivity contribution is -0.142. The molecule has 26 N–H and O–H groups in total. The van der Waals surface area contributed by atoms with Gasteiger partial charge in [0, 0.05) is 26.2 Å². The van der Waals surface area contributed by atoms with E-state index in [-0.39, 0.29) is 107 Å². The van der Waals surface area contributed by atoms with E-state index in [1.165, 1.54) is 0 Å². The Morgan fingerprint density at radius 2 is 0.603 bits per heavy atom. The van der Waals surface area contributed by atoms with Gasteiger partial charge in [0.15, 0.2) is 23.8 Å². The van der Waals surface area contributed by atoms with Gasteiger partial charge in [-0.2, -0.15) is 0 Å². The summed E-state index contributed by atoms with van der Waals surface area (Å²) in [5, 5.41) is 68.4. The molecule has 0 saturated carbocycles. The van der Waals surface area contributed by atoms with Crippen LogP contribution in [0.4, 0.5) is 0 Å². The maximum absolute atomic E-state index is 14.2. The molecule has 0 unspecified atom stereocenters. The zero-order valence-electron chi connectivity index (χ0n) is 43.5. The number of nitrogens with two attached hydrogens (primary N) is 5. The Morgan fingerprint density at radius 3 is 0.877 bits per heavy atom. The van der Waals surface area contributed by atoms with E-state index in [4.69, 9.17) is 50.3 Å². The van der Waals surface area contributed by atoms with Gasteiger partial charge < -0.3 is 92.3 Å². The van der Waals surface area contributed by atoms with Crippen LogP contribution in [0.5, 0.6) is 0 Å². The van der Waals surface area contributed by atoms with Crippen LogP contribution in [-0.4, -0.2) is 151 Å². The molecule has 0 spiro atoms. The number of hydrogen-bond donors (Lipinski definition) is 21. The normalized spacial score (nSPS) is 14.4. The van der Waals surface area contributed by atoms with Gasteiger partial charge in [0.2, 0.25) is 41.4 Å². The Labute approximate surface area is 427 Å². The standard InChI is InChI=1S/C44H86N20O9/c1-21(2)29(45)36(68)63-30(22(3)4)37(69)59-25(13-9-17-54-41(46)47)33(65)58-27(15-11-19-56-43(50)51)35(67)62-32(24(7)8)39(71)64-31(23(5)6)38(70)60-26(14-10-18-55-42(48)49)34(66)61-28(40(72)73)16-12-20-57-44(52)53/h21-32H,9-20,45H2,1-8H3,(H,58,65)(H,59,69)(H,60,70)(H,61,66)(H,62,67)(H,63,68)(H,64,71)(H,72,73)(H4,46,47,54)(H4,48,49,55)(H4,50,51,56)(H4,52,53,57)/t25-,26-,27-,28-,29-,30-,31-,32-/m0/s1. The van der Waals surface area contributed by atoms with Crippen LogP contribution < -0.4 is 87.2 Å². The fraction of sp³-hybridized carbons (Fsp3) is 0.727. The first-order valence-electron chi connectivity index (χ1n) is 24.4. The lowest BCUT2D eigenvalue weighted by atomic mass is 9.98. The van der Waals surface area contributed by atoms with Crippen molar-refractivity contribution in [1.82, 2.24) is 58.5 Å². The van der Waals surface area contributed by atoms with E-state index in [9.17, 15) is 43.5 Å². The molecule has 7 amide bonds. The summed E-state index contributed by atoms with van der Waals surface area (Å²) in [6, 6.07) is -10.00. The number of carbonyl (C=O) groups excluding carboxylic acids is 7. The number of amides is 7. The minimum Gasteiger partial charge on any atom is -0.480 e. The van der Waals surface area contributed by atoms with E-state index < -0.39 is 113 Å². The average Bonchev–Trinajstić information content (AvgIpc) is 3.28. The smallest absolute Gasteiger partial charge is 0.326 e. The molecule has 0 aliphatic rings. The van der Waals surface area contributed by atoms with Crippen molar-refractivity contribution in [3.8, 4) is 0 Å². The highest BCUT2D eigenvalue weighted by Crippen LogP contribution is 2.12. The molecule has 29 nitrogen and oxygen atoms in total. The third-order valence-electron chi connectivity index (χ3n) is 11.2. The minimum absolute atomic E-state index is 0.0179. The van der Waals surface area contributed by atoms with Crippen molar-refractivity contribution in [2.24, 2.45) is 52.3 Å². The molecule has 416 valence electrons. The first kappa shape index (κ1) is 65.8. The molecule has 0 heterocycles. The summed E-state index contributed by atoms with van der Waals surface area (Å²) in [6.07, 6.45) is 0.613. The zero-order valence-corrected chi connectivity index (χ0v) is 43.5. The maximum atomic E-state index is 14.2. The number of carbonyl (C=O) groups is 8. The molecule has 0 fully saturated rings. The number of guanidine groups is 4. The molecular formula is C44H86N20O9. The Kier molecular flexibility index (Phi) is 30.8. The Hall–Kier alpha value is -7.20. The number of carboxylic acid groups (broad SMARTS) is 1. The summed E-state index contributed by atoms with van der Waals surface area (Å²) in [5.41, 5.74) is 27.6. The Morgan fingerprint density at radius 1 is 0.370 bits per heavy atom. The van der Waals surface area contributed by atoms with Crippen LogP contribution in [-0.2, 0) is 38.4 Å². The van der Waals surface area contributed by atoms with E-state index >= 15 is 0 Å². The first-order valence-corrected chi connectivity index (χ1v) is 24.4. The summed E-state index contributed by atoms with van der Waals surface area (Å²) < 4.78 is 0. The predicted molar refractivity (Wildman–Crippen MR) is 275 cm³/mol. The van der Waals surface area contributed by atoms with Crippen molar-refractivity contribution in [1.29, 1.82) is 21.6 Å². The molecule has 0 aromatic heterocycles. The number of carboxylic acids is 1. The number of aliphatic carboxylic acids is 1. The molecule has 73 heavy (non-hydrogen) atoms. The quantitative estimate of drug-likeness (QED) is 0.0162. The van der Waals surface area contributed by atoms with E-state index in [0.717, 1.165) is 0 Å². The Balaban J connectivity index is 6.72. The summed E-state index contributed by atoms with van der Waals surface area (Å²) in [4.78, 5) is 109. The van der Waals surface area contributed by atoms with Crippen LogP contribution >= 0.6 is 0 Å². The second-order valence-electron chi connectivity index (χ2n) is 19.0. The lowest BCUT2D eigenvalue weighted by Gasteiger charge is -2.30. The van der Waals surface area contributed by atoms with E-state index in [2.05, 4.69) is 58.5 Å². The van der Waals surface area contributed by atoms with Gasteiger partial charge in [0.25, 0.3) is 0 Å². The minimum atomic E-state index is -1.38. The molecule has 0 aromatic rings. The van der Waals surface area contributed by atoms with Gasteiger partial charge in [-0.05, 0) is 75.0 Å². The lowest BCUT2D eigenvalue weighted by Crippen LogP contribution is -2.62. The molecule has 0 bridgehead atoms. The van der Waals surface area contributed by atoms with Gasteiger partial charge in [-0.1, -0.05) is 55.4 Å². The van der Waals surface area contributed by atoms with Crippen LogP contribution in [0.3, 0.4) is 0 Å². The first-order chi connectivity index (χ1) is 34.0. The molecule has 0 radical (unpaired) electrons. The SMILES string of the molecule is CC(C)[C@H](N)C(=O)N[C@H](C(=O)N[C@@H](CCCNC(=N)N)C(=O)N[C@@H](CCCNC(=N)N)C(=O)N[C@H](C(=O)N[C@H](C(=O)N[C@@H](CCCNC(=N)N)C(=O)N[C@@H](CCCNC(=N)N)C(=O)O)C(C)C)C(C)C)C(C)C. The average molecular weight is 1040 g/mol. The van der Waals surface area contributed by atoms with E-state index in [1.807, 2.05) is 0 Å². The fourth-order valence-corrected chi connectivity index (χ4v) is 6.90. The third-order valence-corrected chi connectivity index (χ3v) is 11.2. The van der Waals surface area contributed by atoms with Crippen molar-refractivity contribution in [3.05, 3.63) is 0 Å². The third kappa shape index (κ3) is 27.3. The van der Waals surface area contributed by atoms with Crippen molar-refractivity contribution >= 4 is 71.2 Å². The van der Waals surface area contributed by atoms with E-state index in [1.54, 1.807) is 55.4 Å². The Bertz CT molecular complexity index is 1880. The summed E-state index contributed by atoms with van der Waals surface area (Å²) in [7, 11) is 0. The molecule has 0 aliphatic carbocycles. The van der Waals surface area contributed by atoms with Crippen LogP contribution in [0.2, 0.25) is 0 Å². The van der Waals surface area contributed by atoms with Gasteiger partial charge in [-0.3, -0.25) is 55.2 Å². The number of hydrogen-bond acceptors (Lipinski definition) is 13. The highest BCUT2D eigenvalue weighted by atomic mass is 16.4. The van der Waals surface area contributed by atoms with Crippen LogP contribution in [0.25, 0.3) is 0 Å². The highest BCUT2D eigenvalue weighted by molar-refractivity contribution is 5.98. The van der Waals surface area contributed by atoms with Crippen molar-refractivity contribution < 1.29 is 43.5 Å². The topological polar surface area (TPSA) is 515 Å². The van der Waals surface area contributed by atoms with Crippen LogP contribution in [0.1, 0.15) is 107 Å². The van der Waals surface area contributed by atoms with Gasteiger partial charge in [-0.15, -0.1) is 0 Å².